The van der Waals surface area contributed by atoms with Crippen LogP contribution in [0.4, 0.5) is 5.69 Å². The number of rotatable bonds is 9. The van der Waals surface area contributed by atoms with Gasteiger partial charge in [0.15, 0.2) is 0 Å². The maximum atomic E-state index is 14.2. The predicted molar refractivity (Wildman–Crippen MR) is 148 cm³/mol. The Bertz CT molecular complexity index is 1170. The number of likely N-dealkylation sites (tertiary alicyclic amines) is 1. The summed E-state index contributed by atoms with van der Waals surface area (Å²) in [5.41, 5.74) is 3.55. The molecule has 1 saturated heterocycles. The molecule has 4 rings (SSSR count). The van der Waals surface area contributed by atoms with E-state index in [0.717, 1.165) is 35.2 Å². The highest BCUT2D eigenvalue weighted by atomic mass is 16.3. The van der Waals surface area contributed by atoms with Gasteiger partial charge < -0.3 is 20.6 Å². The predicted octanol–water partition coefficient (Wildman–Crippen LogP) is 3.64. The second-order valence-corrected chi connectivity index (χ2v) is 10.6. The van der Waals surface area contributed by atoms with E-state index >= 15 is 0 Å². The highest BCUT2D eigenvalue weighted by Gasteiger charge is 2.58. The van der Waals surface area contributed by atoms with E-state index < -0.39 is 29.8 Å². The van der Waals surface area contributed by atoms with Gasteiger partial charge in [0.05, 0.1) is 24.5 Å². The summed E-state index contributed by atoms with van der Waals surface area (Å²) in [5, 5.41) is 16.4. The zero-order valence-corrected chi connectivity index (χ0v) is 22.7. The largest absolute Gasteiger partial charge is 0.394 e. The van der Waals surface area contributed by atoms with Gasteiger partial charge in [0.25, 0.3) is 0 Å². The number of nitrogens with one attached hydrogen (secondary N) is 2. The second kappa shape index (κ2) is 11.9. The van der Waals surface area contributed by atoms with Gasteiger partial charge >= 0.3 is 0 Å². The van der Waals surface area contributed by atoms with Crippen molar-refractivity contribution in [3.05, 3.63) is 77.4 Å². The Morgan fingerprint density at radius 2 is 1.68 bits per heavy atom. The molecule has 3 N–H and O–H groups in total. The van der Waals surface area contributed by atoms with Crippen LogP contribution in [0, 0.1) is 37.5 Å². The van der Waals surface area contributed by atoms with Crippen molar-refractivity contribution >= 4 is 23.4 Å². The first-order valence-electron chi connectivity index (χ1n) is 13.6. The fourth-order valence-corrected chi connectivity index (χ4v) is 6.32. The SMILES string of the molecule is CCC[C@@H]1C=C[C@H]2[C@@H](C(=O)N([C@@H](CO)Cc3ccccc3)[C@@H]2C(=O)Nc2c(C)cccc2C)[C@@H]1C(=O)NC. The van der Waals surface area contributed by atoms with E-state index in [4.69, 9.17) is 0 Å². The third-order valence-electron chi connectivity index (χ3n) is 8.13. The van der Waals surface area contributed by atoms with Gasteiger partial charge in [0.1, 0.15) is 6.04 Å². The van der Waals surface area contributed by atoms with Crippen LogP contribution in [0.5, 0.6) is 0 Å². The van der Waals surface area contributed by atoms with E-state index in [9.17, 15) is 19.5 Å². The zero-order chi connectivity index (χ0) is 27.4. The van der Waals surface area contributed by atoms with Crippen LogP contribution in [-0.2, 0) is 20.8 Å². The molecule has 0 aromatic heterocycles. The molecule has 0 radical (unpaired) electrons. The lowest BCUT2D eigenvalue weighted by Crippen LogP contribution is -2.51. The Hall–Kier alpha value is -3.45. The number of allylic oxidation sites excluding steroid dienone is 1. The van der Waals surface area contributed by atoms with Crippen LogP contribution in [0.25, 0.3) is 0 Å². The molecule has 1 aliphatic heterocycles. The molecule has 0 spiro atoms. The van der Waals surface area contributed by atoms with Gasteiger partial charge in [0.2, 0.25) is 17.7 Å². The van der Waals surface area contributed by atoms with Crippen molar-refractivity contribution in [2.24, 2.45) is 23.7 Å². The standard InChI is InChI=1S/C31H39N3O4/c1-5-10-22-15-16-24-26(25(22)29(36)32-4)31(38)34(23(18-35)17-21-13-7-6-8-14-21)28(24)30(37)33-27-19(2)11-9-12-20(27)3/h6-9,11-16,22-26,28,35H,5,10,17-18H2,1-4H3,(H,32,36)(H,33,37)/t22-,23-,24+,25-,26-,28+/m1/s1. The summed E-state index contributed by atoms with van der Waals surface area (Å²) in [5.74, 6) is -2.54. The van der Waals surface area contributed by atoms with Crippen molar-refractivity contribution in [1.82, 2.24) is 10.2 Å². The summed E-state index contributed by atoms with van der Waals surface area (Å²) in [7, 11) is 1.59. The highest BCUT2D eigenvalue weighted by molar-refractivity contribution is 6.02. The number of carbonyl (C=O) groups is 3. The van der Waals surface area contributed by atoms with E-state index in [1.54, 1.807) is 11.9 Å². The molecule has 2 aliphatic rings. The monoisotopic (exact) mass is 517 g/mol. The van der Waals surface area contributed by atoms with Gasteiger partial charge in [-0.1, -0.05) is 74.0 Å². The average molecular weight is 518 g/mol. The van der Waals surface area contributed by atoms with Crippen molar-refractivity contribution in [3.8, 4) is 0 Å². The fourth-order valence-electron chi connectivity index (χ4n) is 6.32. The molecule has 1 aliphatic carbocycles. The van der Waals surface area contributed by atoms with Gasteiger partial charge in [-0.15, -0.1) is 0 Å². The van der Waals surface area contributed by atoms with Gasteiger partial charge in [-0.2, -0.15) is 0 Å². The smallest absolute Gasteiger partial charge is 0.247 e. The topological polar surface area (TPSA) is 98.7 Å². The Morgan fingerprint density at radius 1 is 1.00 bits per heavy atom. The molecule has 1 heterocycles. The molecular formula is C31H39N3O4. The van der Waals surface area contributed by atoms with Gasteiger partial charge in [-0.25, -0.2) is 0 Å². The summed E-state index contributed by atoms with van der Waals surface area (Å²) >= 11 is 0. The molecule has 0 unspecified atom stereocenters. The number of amides is 3. The number of hydrogen-bond acceptors (Lipinski definition) is 4. The summed E-state index contributed by atoms with van der Waals surface area (Å²) in [4.78, 5) is 43.0. The molecule has 202 valence electrons. The number of benzene rings is 2. The van der Waals surface area contributed by atoms with Crippen molar-refractivity contribution in [2.45, 2.75) is 52.1 Å². The molecule has 3 amide bonds. The van der Waals surface area contributed by atoms with Crippen LogP contribution in [0.15, 0.2) is 60.7 Å². The van der Waals surface area contributed by atoms with Crippen LogP contribution in [-0.4, -0.2) is 53.5 Å². The average Bonchev–Trinajstić information content (AvgIpc) is 3.21. The van der Waals surface area contributed by atoms with Crippen molar-refractivity contribution < 1.29 is 19.5 Å². The molecule has 1 fully saturated rings. The fraction of sp³-hybridized carbons (Fsp3) is 0.452. The third-order valence-corrected chi connectivity index (χ3v) is 8.13. The lowest BCUT2D eigenvalue weighted by atomic mass is 9.68. The Balaban J connectivity index is 1.78. The number of carbonyl (C=O) groups excluding carboxylic acids is 3. The van der Waals surface area contributed by atoms with E-state index in [1.807, 2.05) is 74.5 Å². The minimum absolute atomic E-state index is 0.0888. The highest BCUT2D eigenvalue weighted by Crippen LogP contribution is 2.46. The Morgan fingerprint density at radius 3 is 2.29 bits per heavy atom. The number of nitrogens with zero attached hydrogens (tertiary/aromatic N) is 1. The number of para-hydroxylation sites is 1. The van der Waals surface area contributed by atoms with Crippen LogP contribution in [0.3, 0.4) is 0 Å². The molecule has 6 atom stereocenters. The van der Waals surface area contributed by atoms with Gasteiger partial charge in [-0.3, -0.25) is 14.4 Å². The van der Waals surface area contributed by atoms with Crippen LogP contribution in [0.1, 0.15) is 36.5 Å². The molecule has 0 bridgehead atoms. The number of aliphatic hydroxyl groups excluding tert-OH is 1. The molecule has 2 aromatic carbocycles. The Labute approximate surface area is 225 Å². The summed E-state index contributed by atoms with van der Waals surface area (Å²) in [6.45, 7) is 5.64. The number of anilines is 1. The summed E-state index contributed by atoms with van der Waals surface area (Å²) in [6.07, 6.45) is 6.04. The van der Waals surface area contributed by atoms with Gasteiger partial charge in [-0.05, 0) is 49.3 Å². The summed E-state index contributed by atoms with van der Waals surface area (Å²) in [6, 6.07) is 14.0. The first-order valence-corrected chi connectivity index (χ1v) is 13.6. The van der Waals surface area contributed by atoms with Crippen molar-refractivity contribution in [2.75, 3.05) is 19.0 Å². The van der Waals surface area contributed by atoms with E-state index in [2.05, 4.69) is 17.6 Å². The quantitative estimate of drug-likeness (QED) is 0.443. The summed E-state index contributed by atoms with van der Waals surface area (Å²) < 4.78 is 0. The van der Waals surface area contributed by atoms with E-state index in [0.29, 0.717) is 6.42 Å². The first kappa shape index (κ1) is 27.6. The second-order valence-electron chi connectivity index (χ2n) is 10.6. The zero-order valence-electron chi connectivity index (χ0n) is 22.7. The molecule has 7 heteroatoms. The Kier molecular flexibility index (Phi) is 8.67. The van der Waals surface area contributed by atoms with Crippen LogP contribution < -0.4 is 10.6 Å². The van der Waals surface area contributed by atoms with Gasteiger partial charge in [0, 0.05) is 18.7 Å². The molecule has 38 heavy (non-hydrogen) atoms. The molecular weight excluding hydrogens is 478 g/mol. The lowest BCUT2D eigenvalue weighted by molar-refractivity contribution is -0.142. The number of fused-ring (bicyclic) bond motifs is 1. The minimum atomic E-state index is -0.849. The first-order chi connectivity index (χ1) is 18.3. The lowest BCUT2D eigenvalue weighted by Gasteiger charge is -2.34. The normalized spacial score (nSPS) is 25.1. The maximum absolute atomic E-state index is 14.2. The molecule has 7 nitrogen and oxygen atoms in total. The van der Waals surface area contributed by atoms with Crippen molar-refractivity contribution in [1.29, 1.82) is 0 Å². The van der Waals surface area contributed by atoms with Crippen LogP contribution in [0.2, 0.25) is 0 Å². The minimum Gasteiger partial charge on any atom is -0.394 e. The van der Waals surface area contributed by atoms with Crippen LogP contribution >= 0.6 is 0 Å². The third kappa shape index (κ3) is 5.25. The maximum Gasteiger partial charge on any atom is 0.247 e. The van der Waals surface area contributed by atoms with E-state index in [1.165, 1.54) is 0 Å². The number of aryl methyl sites for hydroxylation is 2. The van der Waals surface area contributed by atoms with Crippen molar-refractivity contribution in [3.63, 3.8) is 0 Å². The molecule has 2 aromatic rings. The number of aliphatic hydroxyl groups is 1. The van der Waals surface area contributed by atoms with E-state index in [-0.39, 0.29) is 30.2 Å². The number of hydrogen-bond donors (Lipinski definition) is 3. The molecule has 0 saturated carbocycles.